The van der Waals surface area contributed by atoms with Gasteiger partial charge in [-0.2, -0.15) is 0 Å². The SMILES string of the molecule is CCN(Cc1cccn1Cc1ccccc1)C1CCCCC1. The molecule has 0 aliphatic heterocycles. The summed E-state index contributed by atoms with van der Waals surface area (Å²) in [4.78, 5) is 2.68. The monoisotopic (exact) mass is 296 g/mol. The van der Waals surface area contributed by atoms with Crippen LogP contribution in [0.1, 0.15) is 50.3 Å². The van der Waals surface area contributed by atoms with Gasteiger partial charge in [0, 0.05) is 31.0 Å². The molecule has 0 radical (unpaired) electrons. The van der Waals surface area contributed by atoms with Crippen LogP contribution in [0.25, 0.3) is 0 Å². The molecule has 0 atom stereocenters. The molecule has 118 valence electrons. The van der Waals surface area contributed by atoms with Gasteiger partial charge in [0.25, 0.3) is 0 Å². The smallest absolute Gasteiger partial charge is 0.0473 e. The van der Waals surface area contributed by atoms with Gasteiger partial charge in [0.15, 0.2) is 0 Å². The molecule has 0 unspecified atom stereocenters. The minimum Gasteiger partial charge on any atom is -0.346 e. The summed E-state index contributed by atoms with van der Waals surface area (Å²) < 4.78 is 2.40. The first kappa shape index (κ1) is 15.4. The van der Waals surface area contributed by atoms with Crippen LogP contribution in [0.4, 0.5) is 0 Å². The number of aromatic nitrogens is 1. The zero-order valence-corrected chi connectivity index (χ0v) is 13.7. The third-order valence-corrected chi connectivity index (χ3v) is 4.98. The van der Waals surface area contributed by atoms with E-state index in [-0.39, 0.29) is 0 Å². The third-order valence-electron chi connectivity index (χ3n) is 4.98. The lowest BCUT2D eigenvalue weighted by atomic mass is 9.94. The van der Waals surface area contributed by atoms with Crippen molar-refractivity contribution >= 4 is 0 Å². The van der Waals surface area contributed by atoms with E-state index in [0.29, 0.717) is 0 Å². The number of benzene rings is 1. The molecule has 1 aliphatic rings. The fraction of sp³-hybridized carbons (Fsp3) is 0.500. The van der Waals surface area contributed by atoms with Crippen LogP contribution < -0.4 is 0 Å². The Morgan fingerprint density at radius 2 is 1.77 bits per heavy atom. The van der Waals surface area contributed by atoms with E-state index >= 15 is 0 Å². The van der Waals surface area contributed by atoms with Gasteiger partial charge >= 0.3 is 0 Å². The van der Waals surface area contributed by atoms with Crippen LogP contribution in [0.5, 0.6) is 0 Å². The average molecular weight is 296 g/mol. The molecule has 0 amide bonds. The normalized spacial score (nSPS) is 16.3. The molecule has 0 bridgehead atoms. The van der Waals surface area contributed by atoms with Gasteiger partial charge in [-0.05, 0) is 37.1 Å². The maximum absolute atomic E-state index is 2.68. The van der Waals surface area contributed by atoms with Crippen molar-refractivity contribution in [2.45, 2.75) is 58.2 Å². The summed E-state index contributed by atoms with van der Waals surface area (Å²) in [5.41, 5.74) is 2.82. The minimum absolute atomic E-state index is 0.791. The van der Waals surface area contributed by atoms with Crippen molar-refractivity contribution in [1.82, 2.24) is 9.47 Å². The lowest BCUT2D eigenvalue weighted by Gasteiger charge is -2.33. The molecule has 0 N–H and O–H groups in total. The van der Waals surface area contributed by atoms with Crippen LogP contribution in [-0.4, -0.2) is 22.1 Å². The van der Waals surface area contributed by atoms with Crippen LogP contribution in [-0.2, 0) is 13.1 Å². The standard InChI is InChI=1S/C20H28N2/c1-2-21(19-12-7-4-8-13-19)17-20-14-9-15-22(20)16-18-10-5-3-6-11-18/h3,5-6,9-11,14-15,19H,2,4,7-8,12-13,16-17H2,1H3. The fourth-order valence-corrected chi connectivity index (χ4v) is 3.68. The molecule has 1 fully saturated rings. The molecule has 1 aromatic carbocycles. The molecule has 2 nitrogen and oxygen atoms in total. The van der Waals surface area contributed by atoms with Crippen LogP contribution in [0, 0.1) is 0 Å². The lowest BCUT2D eigenvalue weighted by Crippen LogP contribution is -2.36. The van der Waals surface area contributed by atoms with Gasteiger partial charge in [-0.15, -0.1) is 0 Å². The number of hydrogen-bond donors (Lipinski definition) is 0. The summed E-state index contributed by atoms with van der Waals surface area (Å²) in [5, 5.41) is 0. The van der Waals surface area contributed by atoms with E-state index in [0.717, 1.165) is 25.7 Å². The Morgan fingerprint density at radius 1 is 1.00 bits per heavy atom. The average Bonchev–Trinajstić information content (AvgIpc) is 3.01. The van der Waals surface area contributed by atoms with Gasteiger partial charge in [-0.25, -0.2) is 0 Å². The summed E-state index contributed by atoms with van der Waals surface area (Å²) in [6.45, 7) is 5.52. The highest BCUT2D eigenvalue weighted by molar-refractivity contribution is 5.17. The van der Waals surface area contributed by atoms with Gasteiger partial charge in [-0.3, -0.25) is 4.90 Å². The van der Waals surface area contributed by atoms with Crippen molar-refractivity contribution in [3.63, 3.8) is 0 Å². The summed E-state index contributed by atoms with van der Waals surface area (Å²) in [5.74, 6) is 0. The molecular formula is C20H28N2. The highest BCUT2D eigenvalue weighted by atomic mass is 15.2. The molecule has 1 heterocycles. The summed E-state index contributed by atoms with van der Waals surface area (Å²) >= 11 is 0. The first-order valence-electron chi connectivity index (χ1n) is 8.79. The second-order valence-corrected chi connectivity index (χ2v) is 6.47. The van der Waals surface area contributed by atoms with Crippen molar-refractivity contribution < 1.29 is 0 Å². The van der Waals surface area contributed by atoms with Crippen molar-refractivity contribution in [2.24, 2.45) is 0 Å². The quantitative estimate of drug-likeness (QED) is 0.750. The van der Waals surface area contributed by atoms with Crippen LogP contribution in [0.15, 0.2) is 48.7 Å². The Hall–Kier alpha value is -1.54. The Kier molecular flexibility index (Phi) is 5.33. The number of hydrogen-bond acceptors (Lipinski definition) is 1. The highest BCUT2D eigenvalue weighted by Gasteiger charge is 2.20. The van der Waals surface area contributed by atoms with Crippen molar-refractivity contribution in [3.05, 3.63) is 59.9 Å². The predicted molar refractivity (Wildman–Crippen MR) is 92.9 cm³/mol. The molecule has 1 saturated carbocycles. The van der Waals surface area contributed by atoms with Gasteiger partial charge in [0.2, 0.25) is 0 Å². The topological polar surface area (TPSA) is 8.17 Å². The fourth-order valence-electron chi connectivity index (χ4n) is 3.68. The van der Waals surface area contributed by atoms with Gasteiger partial charge in [-0.1, -0.05) is 56.5 Å². The molecule has 2 heteroatoms. The van der Waals surface area contributed by atoms with E-state index in [4.69, 9.17) is 0 Å². The summed E-state index contributed by atoms with van der Waals surface area (Å²) in [7, 11) is 0. The zero-order chi connectivity index (χ0) is 15.2. The van der Waals surface area contributed by atoms with E-state index < -0.39 is 0 Å². The second-order valence-electron chi connectivity index (χ2n) is 6.47. The van der Waals surface area contributed by atoms with Crippen molar-refractivity contribution in [1.29, 1.82) is 0 Å². The Labute approximate surface area is 134 Å². The van der Waals surface area contributed by atoms with Gasteiger partial charge in [0.1, 0.15) is 0 Å². The van der Waals surface area contributed by atoms with Crippen LogP contribution in [0.3, 0.4) is 0 Å². The molecule has 1 aromatic heterocycles. The van der Waals surface area contributed by atoms with Crippen LogP contribution in [0.2, 0.25) is 0 Å². The molecular weight excluding hydrogens is 268 g/mol. The summed E-state index contributed by atoms with van der Waals surface area (Å²) in [6.07, 6.45) is 9.23. The summed E-state index contributed by atoms with van der Waals surface area (Å²) in [6, 6.07) is 16.0. The minimum atomic E-state index is 0.791. The second kappa shape index (κ2) is 7.64. The molecule has 0 saturated heterocycles. The predicted octanol–water partition coefficient (Wildman–Crippen LogP) is 4.69. The van der Waals surface area contributed by atoms with E-state index in [2.05, 4.69) is 65.1 Å². The first-order chi connectivity index (χ1) is 10.9. The third kappa shape index (κ3) is 3.80. The zero-order valence-electron chi connectivity index (χ0n) is 13.7. The van der Waals surface area contributed by atoms with E-state index in [1.165, 1.54) is 43.4 Å². The number of rotatable bonds is 6. The molecule has 0 spiro atoms. The van der Waals surface area contributed by atoms with E-state index in [1.807, 2.05) is 0 Å². The number of nitrogens with zero attached hydrogens (tertiary/aromatic N) is 2. The first-order valence-corrected chi connectivity index (χ1v) is 8.79. The van der Waals surface area contributed by atoms with Gasteiger partial charge in [0.05, 0.1) is 0 Å². The lowest BCUT2D eigenvalue weighted by molar-refractivity contribution is 0.153. The van der Waals surface area contributed by atoms with Crippen LogP contribution >= 0.6 is 0 Å². The highest BCUT2D eigenvalue weighted by Crippen LogP contribution is 2.24. The maximum Gasteiger partial charge on any atom is 0.0473 e. The van der Waals surface area contributed by atoms with Crippen molar-refractivity contribution in [2.75, 3.05) is 6.54 Å². The Balaban J connectivity index is 1.68. The van der Waals surface area contributed by atoms with Crippen molar-refractivity contribution in [3.8, 4) is 0 Å². The Bertz CT molecular complexity index is 552. The Morgan fingerprint density at radius 3 is 2.50 bits per heavy atom. The molecule has 2 aromatic rings. The van der Waals surface area contributed by atoms with E-state index in [9.17, 15) is 0 Å². The molecule has 3 rings (SSSR count). The van der Waals surface area contributed by atoms with E-state index in [1.54, 1.807) is 0 Å². The maximum atomic E-state index is 2.68. The largest absolute Gasteiger partial charge is 0.346 e. The molecule has 22 heavy (non-hydrogen) atoms. The van der Waals surface area contributed by atoms with Gasteiger partial charge < -0.3 is 4.57 Å². The molecule has 1 aliphatic carbocycles.